The van der Waals surface area contributed by atoms with E-state index in [0.29, 0.717) is 11.7 Å². The van der Waals surface area contributed by atoms with Gasteiger partial charge in [0.25, 0.3) is 0 Å². The van der Waals surface area contributed by atoms with Crippen molar-refractivity contribution in [2.45, 2.75) is 56.3 Å². The zero-order chi connectivity index (χ0) is 20.0. The van der Waals surface area contributed by atoms with E-state index in [0.717, 1.165) is 49.1 Å². The number of hydrogen-bond acceptors (Lipinski definition) is 5. The van der Waals surface area contributed by atoms with Crippen LogP contribution in [0.3, 0.4) is 0 Å². The molecule has 1 saturated carbocycles. The van der Waals surface area contributed by atoms with E-state index in [2.05, 4.69) is 34.2 Å². The predicted octanol–water partition coefficient (Wildman–Crippen LogP) is 3.87. The number of nitrogens with one attached hydrogen (secondary N) is 1. The lowest BCUT2D eigenvalue weighted by Gasteiger charge is -2.31. The van der Waals surface area contributed by atoms with Crippen LogP contribution in [0.1, 0.15) is 37.7 Å². The lowest BCUT2D eigenvalue weighted by atomic mass is 9.83. The summed E-state index contributed by atoms with van der Waals surface area (Å²) in [5.74, 6) is 0.818. The number of allylic oxidation sites excluding steroid dienone is 1. The molecule has 1 amide bonds. The van der Waals surface area contributed by atoms with Crippen LogP contribution >= 0.6 is 11.8 Å². The first-order valence-electron chi connectivity index (χ1n) is 9.53. The largest absolute Gasteiger partial charge is 0.337 e. The summed E-state index contributed by atoms with van der Waals surface area (Å²) in [4.78, 5) is 12.5. The molecule has 3 rings (SSSR count). The summed E-state index contributed by atoms with van der Waals surface area (Å²) in [5, 5.41) is 21.8. The number of aryl methyl sites for hydroxylation is 1. The number of amides is 1. The molecular weight excluding hydrogens is 370 g/mol. The minimum absolute atomic E-state index is 0.140. The molecule has 2 aromatic rings. The molecule has 0 bridgehead atoms. The van der Waals surface area contributed by atoms with Crippen LogP contribution in [0.25, 0.3) is 11.4 Å². The molecule has 1 N–H and O–H groups in total. The first-order valence-corrected chi connectivity index (χ1v) is 10.5. The lowest BCUT2D eigenvalue weighted by molar-refractivity contribution is -0.120. The molecule has 1 aliphatic rings. The Morgan fingerprint density at radius 3 is 2.86 bits per heavy atom. The molecule has 1 aromatic heterocycles. The Morgan fingerprint density at radius 2 is 2.18 bits per heavy atom. The van der Waals surface area contributed by atoms with E-state index >= 15 is 0 Å². The maximum atomic E-state index is 12.5. The highest BCUT2D eigenvalue weighted by atomic mass is 32.2. The number of carbonyl (C=O) groups is 1. The molecule has 1 aromatic carbocycles. The fourth-order valence-electron chi connectivity index (χ4n) is 3.54. The predicted molar refractivity (Wildman–Crippen MR) is 111 cm³/mol. The van der Waals surface area contributed by atoms with Crippen LogP contribution in [-0.4, -0.2) is 32.0 Å². The molecule has 7 heteroatoms. The first kappa shape index (κ1) is 20.2. The number of nitrogens with zero attached hydrogens (tertiary/aromatic N) is 4. The van der Waals surface area contributed by atoms with Crippen LogP contribution in [0.4, 0.5) is 0 Å². The van der Waals surface area contributed by atoms with Crippen LogP contribution in [-0.2, 0) is 11.3 Å². The number of rotatable bonds is 7. The summed E-state index contributed by atoms with van der Waals surface area (Å²) in [5.41, 5.74) is 1.42. The van der Waals surface area contributed by atoms with Crippen molar-refractivity contribution in [1.29, 1.82) is 5.26 Å². The molecular formula is C21H25N5OS. The van der Waals surface area contributed by atoms with Crippen molar-refractivity contribution in [2.24, 2.45) is 0 Å². The Balaban J connectivity index is 1.71. The average Bonchev–Trinajstić information content (AvgIpc) is 3.10. The molecule has 0 spiro atoms. The van der Waals surface area contributed by atoms with Gasteiger partial charge in [-0.1, -0.05) is 60.9 Å². The molecule has 0 atom stereocenters. The van der Waals surface area contributed by atoms with Crippen LogP contribution in [0.15, 0.2) is 42.1 Å². The second-order valence-electron chi connectivity index (χ2n) is 7.17. The van der Waals surface area contributed by atoms with Crippen LogP contribution in [0.5, 0.6) is 0 Å². The summed E-state index contributed by atoms with van der Waals surface area (Å²) in [6.45, 7) is 6.41. The van der Waals surface area contributed by atoms with E-state index in [-0.39, 0.29) is 11.7 Å². The minimum atomic E-state index is -0.711. The maximum absolute atomic E-state index is 12.5. The van der Waals surface area contributed by atoms with Gasteiger partial charge in [0.1, 0.15) is 5.54 Å². The van der Waals surface area contributed by atoms with Gasteiger partial charge in [-0.3, -0.25) is 9.36 Å². The second-order valence-corrected chi connectivity index (χ2v) is 8.11. The number of benzene rings is 1. The molecule has 6 nitrogen and oxygen atoms in total. The Morgan fingerprint density at radius 1 is 1.39 bits per heavy atom. The van der Waals surface area contributed by atoms with Crippen molar-refractivity contribution < 1.29 is 4.79 Å². The Labute approximate surface area is 170 Å². The van der Waals surface area contributed by atoms with Gasteiger partial charge in [0.15, 0.2) is 11.0 Å². The number of thioether (sulfide) groups is 1. The molecule has 1 heterocycles. The molecule has 0 unspecified atom stereocenters. The summed E-state index contributed by atoms with van der Waals surface area (Å²) in [7, 11) is 0. The van der Waals surface area contributed by atoms with E-state index in [9.17, 15) is 10.1 Å². The molecule has 0 aliphatic heterocycles. The van der Waals surface area contributed by atoms with Crippen LogP contribution < -0.4 is 5.32 Å². The molecule has 1 fully saturated rings. The van der Waals surface area contributed by atoms with Crippen LogP contribution in [0.2, 0.25) is 0 Å². The molecule has 1 aliphatic carbocycles. The smallest absolute Gasteiger partial charge is 0.231 e. The van der Waals surface area contributed by atoms with Crippen molar-refractivity contribution >= 4 is 17.7 Å². The topological polar surface area (TPSA) is 83.6 Å². The number of hydrogen-bond donors (Lipinski definition) is 1. The standard InChI is InChI=1S/C21H25N5OS/c1-3-12-26-19(17-9-7-8-16(2)13-17)24-25-20(26)28-14-18(27)23-21(15-22)10-5-4-6-11-21/h3,7-9,13H,1,4-6,10-12,14H2,2H3,(H,23,27). The number of carbonyl (C=O) groups excluding carboxylic acids is 1. The van der Waals surface area contributed by atoms with Gasteiger partial charge in [-0.05, 0) is 25.8 Å². The summed E-state index contributed by atoms with van der Waals surface area (Å²) in [6, 6.07) is 10.4. The lowest BCUT2D eigenvalue weighted by Crippen LogP contribution is -2.49. The third-order valence-electron chi connectivity index (χ3n) is 4.94. The summed E-state index contributed by atoms with van der Waals surface area (Å²) in [6.07, 6.45) is 6.33. The van der Waals surface area contributed by atoms with Gasteiger partial charge < -0.3 is 5.32 Å². The summed E-state index contributed by atoms with van der Waals surface area (Å²) >= 11 is 1.33. The normalized spacial score (nSPS) is 15.6. The first-order chi connectivity index (χ1) is 13.6. The highest BCUT2D eigenvalue weighted by Crippen LogP contribution is 2.28. The van der Waals surface area contributed by atoms with Crippen molar-refractivity contribution in [3.63, 3.8) is 0 Å². The van der Waals surface area contributed by atoms with Gasteiger partial charge in [0, 0.05) is 12.1 Å². The van der Waals surface area contributed by atoms with Gasteiger partial charge in [-0.25, -0.2) is 0 Å². The zero-order valence-corrected chi connectivity index (χ0v) is 17.0. The van der Waals surface area contributed by atoms with Crippen molar-refractivity contribution in [2.75, 3.05) is 5.75 Å². The highest BCUT2D eigenvalue weighted by Gasteiger charge is 2.33. The SMILES string of the molecule is C=CCn1c(SCC(=O)NC2(C#N)CCCCC2)nnc1-c1cccc(C)c1. The number of nitriles is 1. The van der Waals surface area contributed by atoms with E-state index in [4.69, 9.17) is 0 Å². The van der Waals surface area contributed by atoms with E-state index in [1.54, 1.807) is 6.08 Å². The van der Waals surface area contributed by atoms with Crippen molar-refractivity contribution in [1.82, 2.24) is 20.1 Å². The van der Waals surface area contributed by atoms with Crippen molar-refractivity contribution in [3.05, 3.63) is 42.5 Å². The quantitative estimate of drug-likeness (QED) is 0.568. The highest BCUT2D eigenvalue weighted by molar-refractivity contribution is 7.99. The van der Waals surface area contributed by atoms with E-state index < -0.39 is 5.54 Å². The Bertz CT molecular complexity index is 892. The molecule has 0 saturated heterocycles. The minimum Gasteiger partial charge on any atom is -0.337 e. The van der Waals surface area contributed by atoms with Gasteiger partial charge in [0.2, 0.25) is 5.91 Å². The third-order valence-corrected chi connectivity index (χ3v) is 5.90. The average molecular weight is 396 g/mol. The van der Waals surface area contributed by atoms with Gasteiger partial charge in [0.05, 0.1) is 11.8 Å². The fraction of sp³-hybridized carbons (Fsp3) is 0.429. The third kappa shape index (κ3) is 4.63. The Hall–Kier alpha value is -2.59. The van der Waals surface area contributed by atoms with Crippen LogP contribution in [0, 0.1) is 18.3 Å². The number of aromatic nitrogens is 3. The van der Waals surface area contributed by atoms with Gasteiger partial charge in [-0.15, -0.1) is 16.8 Å². The molecule has 0 radical (unpaired) electrons. The van der Waals surface area contributed by atoms with E-state index in [1.165, 1.54) is 11.8 Å². The van der Waals surface area contributed by atoms with Gasteiger partial charge in [-0.2, -0.15) is 5.26 Å². The fourth-order valence-corrected chi connectivity index (χ4v) is 4.29. The Kier molecular flexibility index (Phi) is 6.53. The molecule has 28 heavy (non-hydrogen) atoms. The maximum Gasteiger partial charge on any atom is 0.231 e. The summed E-state index contributed by atoms with van der Waals surface area (Å²) < 4.78 is 1.96. The van der Waals surface area contributed by atoms with Crippen molar-refractivity contribution in [3.8, 4) is 17.5 Å². The second kappa shape index (κ2) is 9.07. The zero-order valence-electron chi connectivity index (χ0n) is 16.1. The van der Waals surface area contributed by atoms with E-state index in [1.807, 2.05) is 29.7 Å². The van der Waals surface area contributed by atoms with Gasteiger partial charge >= 0.3 is 0 Å². The monoisotopic (exact) mass is 395 g/mol. The molecule has 146 valence electrons.